The molecule has 0 amide bonds. The number of hydrogen-bond acceptors (Lipinski definition) is 4. The van der Waals surface area contributed by atoms with Gasteiger partial charge in [0.2, 0.25) is 10.0 Å². The number of hydrogen-bond donors (Lipinski definition) is 1. The minimum Gasteiger partial charge on any atom is -0.383 e. The molecule has 0 spiro atoms. The van der Waals surface area contributed by atoms with Gasteiger partial charge in [-0.1, -0.05) is 11.6 Å². The van der Waals surface area contributed by atoms with Crippen LogP contribution in [0.3, 0.4) is 0 Å². The van der Waals surface area contributed by atoms with E-state index in [0.717, 1.165) is 45.4 Å². The van der Waals surface area contributed by atoms with E-state index in [2.05, 4.69) is 18.3 Å². The summed E-state index contributed by atoms with van der Waals surface area (Å²) in [5, 5.41) is 3.32. The Labute approximate surface area is 129 Å². The fourth-order valence-corrected chi connectivity index (χ4v) is 3.70. The van der Waals surface area contributed by atoms with Gasteiger partial charge < -0.3 is 10.1 Å². The fraction of sp³-hybridized carbons (Fsp3) is 0.867. The van der Waals surface area contributed by atoms with E-state index in [1.54, 1.807) is 11.4 Å². The van der Waals surface area contributed by atoms with Crippen molar-refractivity contribution in [2.75, 3.05) is 46.2 Å². The number of rotatable bonds is 9. The largest absolute Gasteiger partial charge is 0.383 e. The summed E-state index contributed by atoms with van der Waals surface area (Å²) in [6.07, 6.45) is 7.69. The van der Waals surface area contributed by atoms with Crippen molar-refractivity contribution in [1.29, 1.82) is 0 Å². The average molecular weight is 318 g/mol. The third-order valence-electron chi connectivity index (χ3n) is 3.86. The normalized spacial score (nSPS) is 21.7. The molecule has 5 nitrogen and oxygen atoms in total. The molecule has 1 unspecified atom stereocenters. The van der Waals surface area contributed by atoms with E-state index in [1.807, 2.05) is 0 Å². The molecule has 0 bridgehead atoms. The molecule has 21 heavy (non-hydrogen) atoms. The van der Waals surface area contributed by atoms with Crippen LogP contribution in [0.2, 0.25) is 0 Å². The third-order valence-corrected chi connectivity index (χ3v) is 5.13. The minimum absolute atomic E-state index is 0.464. The Bertz CT molecular complexity index is 421. The molecule has 0 radical (unpaired) electrons. The van der Waals surface area contributed by atoms with E-state index >= 15 is 0 Å². The Morgan fingerprint density at radius 3 is 2.86 bits per heavy atom. The minimum atomic E-state index is -3.03. The second-order valence-corrected chi connectivity index (χ2v) is 7.90. The number of nitrogens with one attached hydrogen (secondary N) is 1. The molecule has 6 heteroatoms. The summed E-state index contributed by atoms with van der Waals surface area (Å²) in [7, 11) is -1.33. The number of allylic oxidation sites excluding steroid dienone is 1. The summed E-state index contributed by atoms with van der Waals surface area (Å²) in [6, 6.07) is 0. The molecule has 0 aliphatic carbocycles. The van der Waals surface area contributed by atoms with Gasteiger partial charge in [-0.15, -0.1) is 0 Å². The van der Waals surface area contributed by atoms with Crippen LogP contribution in [0, 0.1) is 5.92 Å². The SMILES string of the molecule is COCCNCCC=C(C)CC1CCCN(S(C)(=O)=O)C1. The number of methoxy groups -OCH3 is 1. The Morgan fingerprint density at radius 2 is 2.19 bits per heavy atom. The quantitative estimate of drug-likeness (QED) is 0.518. The van der Waals surface area contributed by atoms with E-state index in [-0.39, 0.29) is 0 Å². The van der Waals surface area contributed by atoms with Crippen molar-refractivity contribution < 1.29 is 13.2 Å². The monoisotopic (exact) mass is 318 g/mol. The Hall–Kier alpha value is -0.430. The zero-order valence-electron chi connectivity index (χ0n) is 13.6. The van der Waals surface area contributed by atoms with Crippen LogP contribution in [0.25, 0.3) is 0 Å². The summed E-state index contributed by atoms with van der Waals surface area (Å²) >= 11 is 0. The lowest BCUT2D eigenvalue weighted by molar-refractivity contribution is 0.199. The van der Waals surface area contributed by atoms with Crippen molar-refractivity contribution in [3.05, 3.63) is 11.6 Å². The zero-order valence-corrected chi connectivity index (χ0v) is 14.4. The summed E-state index contributed by atoms with van der Waals surface area (Å²) in [4.78, 5) is 0. The van der Waals surface area contributed by atoms with Gasteiger partial charge in [0, 0.05) is 26.7 Å². The molecule has 1 heterocycles. The third kappa shape index (κ3) is 7.95. The van der Waals surface area contributed by atoms with Gasteiger partial charge in [-0.3, -0.25) is 0 Å². The van der Waals surface area contributed by atoms with Gasteiger partial charge in [-0.25, -0.2) is 12.7 Å². The van der Waals surface area contributed by atoms with Crippen molar-refractivity contribution >= 4 is 10.0 Å². The van der Waals surface area contributed by atoms with Gasteiger partial charge in [0.05, 0.1) is 12.9 Å². The summed E-state index contributed by atoms with van der Waals surface area (Å²) in [5.74, 6) is 0.464. The van der Waals surface area contributed by atoms with Gasteiger partial charge in [0.15, 0.2) is 0 Å². The molecule has 1 saturated heterocycles. The summed E-state index contributed by atoms with van der Waals surface area (Å²) < 4.78 is 29.8. The highest BCUT2D eigenvalue weighted by atomic mass is 32.2. The second-order valence-electron chi connectivity index (χ2n) is 5.92. The van der Waals surface area contributed by atoms with Crippen LogP contribution in [0.15, 0.2) is 11.6 Å². The van der Waals surface area contributed by atoms with E-state index in [4.69, 9.17) is 4.74 Å². The standard InChI is InChI=1S/C15H30N2O3S/c1-14(6-4-8-16-9-11-20-2)12-15-7-5-10-17(13-15)21(3,18)19/h6,15-16H,4-5,7-13H2,1-3H3. The van der Waals surface area contributed by atoms with Crippen molar-refractivity contribution in [2.24, 2.45) is 5.92 Å². The van der Waals surface area contributed by atoms with Crippen LogP contribution in [0.1, 0.15) is 32.6 Å². The van der Waals surface area contributed by atoms with Crippen LogP contribution in [-0.4, -0.2) is 58.9 Å². The topological polar surface area (TPSA) is 58.6 Å². The van der Waals surface area contributed by atoms with Crippen LogP contribution in [-0.2, 0) is 14.8 Å². The van der Waals surface area contributed by atoms with Gasteiger partial charge in [-0.05, 0) is 45.1 Å². The van der Waals surface area contributed by atoms with Crippen LogP contribution in [0.5, 0.6) is 0 Å². The predicted molar refractivity (Wildman–Crippen MR) is 86.9 cm³/mol. The molecule has 0 saturated carbocycles. The maximum Gasteiger partial charge on any atom is 0.211 e. The highest BCUT2D eigenvalue weighted by molar-refractivity contribution is 7.88. The Kier molecular flexibility index (Phi) is 8.48. The van der Waals surface area contributed by atoms with E-state index in [1.165, 1.54) is 11.8 Å². The average Bonchev–Trinajstić information content (AvgIpc) is 2.42. The van der Waals surface area contributed by atoms with Gasteiger partial charge in [0.1, 0.15) is 0 Å². The first-order valence-corrected chi connectivity index (χ1v) is 9.58. The highest BCUT2D eigenvalue weighted by Crippen LogP contribution is 2.24. The zero-order chi connectivity index (χ0) is 15.7. The second kappa shape index (κ2) is 9.56. The first-order chi connectivity index (χ1) is 9.93. The smallest absolute Gasteiger partial charge is 0.211 e. The van der Waals surface area contributed by atoms with Crippen molar-refractivity contribution in [1.82, 2.24) is 9.62 Å². The number of nitrogens with zero attached hydrogens (tertiary/aromatic N) is 1. The molecule has 0 aromatic rings. The molecule has 1 atom stereocenters. The molecule has 124 valence electrons. The lowest BCUT2D eigenvalue weighted by atomic mass is 9.92. The molecule has 1 fully saturated rings. The number of sulfonamides is 1. The first-order valence-electron chi connectivity index (χ1n) is 7.74. The van der Waals surface area contributed by atoms with E-state index < -0.39 is 10.0 Å². The number of piperidine rings is 1. The Morgan fingerprint density at radius 1 is 1.43 bits per heavy atom. The van der Waals surface area contributed by atoms with Crippen LogP contribution in [0.4, 0.5) is 0 Å². The molecule has 0 aromatic carbocycles. The molecule has 1 aliphatic heterocycles. The molecule has 1 N–H and O–H groups in total. The first kappa shape index (κ1) is 18.6. The Balaban J connectivity index is 2.28. The van der Waals surface area contributed by atoms with Gasteiger partial charge in [-0.2, -0.15) is 0 Å². The number of ether oxygens (including phenoxy) is 1. The summed E-state index contributed by atoms with van der Waals surface area (Å²) in [6.45, 7) is 6.09. The van der Waals surface area contributed by atoms with E-state index in [9.17, 15) is 8.42 Å². The summed E-state index contributed by atoms with van der Waals surface area (Å²) in [5.41, 5.74) is 1.36. The van der Waals surface area contributed by atoms with Crippen LogP contribution >= 0.6 is 0 Å². The highest BCUT2D eigenvalue weighted by Gasteiger charge is 2.25. The lowest BCUT2D eigenvalue weighted by Crippen LogP contribution is -2.39. The maximum atomic E-state index is 11.6. The van der Waals surface area contributed by atoms with Gasteiger partial charge >= 0.3 is 0 Å². The molecular formula is C15H30N2O3S. The molecular weight excluding hydrogens is 288 g/mol. The molecule has 1 rings (SSSR count). The lowest BCUT2D eigenvalue weighted by Gasteiger charge is -2.31. The van der Waals surface area contributed by atoms with Crippen molar-refractivity contribution in [2.45, 2.75) is 32.6 Å². The van der Waals surface area contributed by atoms with Gasteiger partial charge in [0.25, 0.3) is 0 Å². The van der Waals surface area contributed by atoms with Crippen LogP contribution < -0.4 is 5.32 Å². The predicted octanol–water partition coefficient (Wildman–Crippen LogP) is 1.62. The molecule has 0 aromatic heterocycles. The van der Waals surface area contributed by atoms with Crippen molar-refractivity contribution in [3.63, 3.8) is 0 Å². The van der Waals surface area contributed by atoms with Crippen molar-refractivity contribution in [3.8, 4) is 0 Å². The fourth-order valence-electron chi connectivity index (χ4n) is 2.75. The maximum absolute atomic E-state index is 11.6. The van der Waals surface area contributed by atoms with E-state index in [0.29, 0.717) is 19.0 Å². The molecule has 1 aliphatic rings.